The number of hydrogen-bond acceptors (Lipinski definition) is 4. The minimum Gasteiger partial charge on any atom is -0.437 e. The highest BCUT2D eigenvalue weighted by molar-refractivity contribution is 14.1. The zero-order valence-electron chi connectivity index (χ0n) is 17.0. The molecule has 1 aromatic carbocycles. The Morgan fingerprint density at radius 1 is 1.31 bits per heavy atom. The van der Waals surface area contributed by atoms with Gasteiger partial charge >= 0.3 is 0 Å². The number of benzene rings is 1. The van der Waals surface area contributed by atoms with Gasteiger partial charge in [-0.2, -0.15) is 5.10 Å². The van der Waals surface area contributed by atoms with Crippen molar-refractivity contribution in [2.24, 2.45) is 0 Å². The van der Waals surface area contributed by atoms with Crippen LogP contribution in [0, 0.1) is 29.3 Å². The van der Waals surface area contributed by atoms with Crippen LogP contribution in [0.3, 0.4) is 0 Å². The number of halogens is 1. The Hall–Kier alpha value is -2.11. The molecule has 3 heterocycles. The van der Waals surface area contributed by atoms with Crippen molar-refractivity contribution < 1.29 is 9.47 Å². The number of aryl methyl sites for hydroxylation is 2. The van der Waals surface area contributed by atoms with E-state index in [0.29, 0.717) is 11.9 Å². The molecule has 2 aromatic heterocycles. The van der Waals surface area contributed by atoms with E-state index >= 15 is 0 Å². The van der Waals surface area contributed by atoms with E-state index in [2.05, 4.69) is 70.9 Å². The van der Waals surface area contributed by atoms with Gasteiger partial charge in [-0.05, 0) is 67.0 Å². The fraction of sp³-hybridized carbons (Fsp3) is 0.391. The molecule has 0 N–H and O–H groups in total. The third-order valence-electron chi connectivity index (χ3n) is 5.24. The first-order valence-corrected chi connectivity index (χ1v) is 11.1. The van der Waals surface area contributed by atoms with Crippen LogP contribution >= 0.6 is 22.6 Å². The Kier molecular flexibility index (Phi) is 6.07. The summed E-state index contributed by atoms with van der Waals surface area (Å²) in [5.74, 6) is 7.86. The SMILES string of the molecule is CCC#Cc1c(Oc2ncccc2I)cc2c(c(C)nn2C2CCOCC2)c1C. The van der Waals surface area contributed by atoms with E-state index in [1.54, 1.807) is 6.20 Å². The lowest BCUT2D eigenvalue weighted by Gasteiger charge is -2.23. The van der Waals surface area contributed by atoms with Crippen molar-refractivity contribution in [3.8, 4) is 23.5 Å². The smallest absolute Gasteiger partial charge is 0.232 e. The van der Waals surface area contributed by atoms with E-state index in [0.717, 1.165) is 64.1 Å². The van der Waals surface area contributed by atoms with Crippen LogP contribution in [0.1, 0.15) is 49.0 Å². The second-order valence-corrected chi connectivity index (χ2v) is 8.35. The van der Waals surface area contributed by atoms with Gasteiger partial charge in [0.2, 0.25) is 5.88 Å². The van der Waals surface area contributed by atoms with E-state index < -0.39 is 0 Å². The normalized spacial score (nSPS) is 14.6. The summed E-state index contributed by atoms with van der Waals surface area (Å²) in [6, 6.07) is 6.32. The monoisotopic (exact) mass is 501 g/mol. The molecule has 0 aliphatic carbocycles. The summed E-state index contributed by atoms with van der Waals surface area (Å²) in [6.07, 6.45) is 4.48. The van der Waals surface area contributed by atoms with Gasteiger partial charge in [-0.25, -0.2) is 4.98 Å². The van der Waals surface area contributed by atoms with Crippen molar-refractivity contribution in [3.63, 3.8) is 0 Å². The lowest BCUT2D eigenvalue weighted by atomic mass is 10.0. The Morgan fingerprint density at radius 2 is 2.10 bits per heavy atom. The third-order valence-corrected chi connectivity index (χ3v) is 6.07. The van der Waals surface area contributed by atoms with Gasteiger partial charge in [-0.3, -0.25) is 4.68 Å². The average molecular weight is 501 g/mol. The maximum atomic E-state index is 6.29. The number of fused-ring (bicyclic) bond motifs is 1. The molecule has 1 aliphatic rings. The Bertz CT molecular complexity index is 1100. The predicted molar refractivity (Wildman–Crippen MR) is 122 cm³/mol. The van der Waals surface area contributed by atoms with Gasteiger partial charge in [0, 0.05) is 37.3 Å². The van der Waals surface area contributed by atoms with Crippen molar-refractivity contribution >= 4 is 33.5 Å². The maximum absolute atomic E-state index is 6.29. The van der Waals surface area contributed by atoms with Gasteiger partial charge in [0.1, 0.15) is 5.75 Å². The summed E-state index contributed by atoms with van der Waals surface area (Å²) in [7, 11) is 0. The Labute approximate surface area is 184 Å². The molecule has 6 heteroatoms. The summed E-state index contributed by atoms with van der Waals surface area (Å²) in [4.78, 5) is 4.41. The van der Waals surface area contributed by atoms with Crippen LogP contribution < -0.4 is 4.74 Å². The molecule has 0 saturated carbocycles. The lowest BCUT2D eigenvalue weighted by molar-refractivity contribution is 0.0674. The second-order valence-electron chi connectivity index (χ2n) is 7.19. The van der Waals surface area contributed by atoms with Crippen molar-refractivity contribution in [1.29, 1.82) is 0 Å². The predicted octanol–water partition coefficient (Wildman–Crippen LogP) is 5.56. The summed E-state index contributed by atoms with van der Waals surface area (Å²) in [5, 5.41) is 6.07. The zero-order chi connectivity index (χ0) is 20.4. The number of aromatic nitrogens is 3. The molecule has 0 amide bonds. The van der Waals surface area contributed by atoms with Gasteiger partial charge in [0.15, 0.2) is 0 Å². The molecule has 1 aliphatic heterocycles. The van der Waals surface area contributed by atoms with E-state index in [1.165, 1.54) is 5.39 Å². The molecule has 150 valence electrons. The number of hydrogen-bond donors (Lipinski definition) is 0. The van der Waals surface area contributed by atoms with Crippen LogP contribution in [-0.4, -0.2) is 28.0 Å². The van der Waals surface area contributed by atoms with Crippen LogP contribution in [0.15, 0.2) is 24.4 Å². The van der Waals surface area contributed by atoms with E-state index in [1.807, 2.05) is 12.1 Å². The molecule has 3 aromatic rings. The highest BCUT2D eigenvalue weighted by Crippen LogP contribution is 2.37. The summed E-state index contributed by atoms with van der Waals surface area (Å²) in [6.45, 7) is 7.79. The minimum absolute atomic E-state index is 0.342. The quantitative estimate of drug-likeness (QED) is 0.349. The van der Waals surface area contributed by atoms with E-state index in [4.69, 9.17) is 14.6 Å². The Balaban J connectivity index is 1.90. The van der Waals surface area contributed by atoms with Crippen molar-refractivity contribution in [1.82, 2.24) is 14.8 Å². The molecule has 29 heavy (non-hydrogen) atoms. The molecule has 1 saturated heterocycles. The first-order chi connectivity index (χ1) is 14.1. The third kappa shape index (κ3) is 3.99. The number of nitrogens with zero attached hydrogens (tertiary/aromatic N) is 3. The van der Waals surface area contributed by atoms with Crippen molar-refractivity contribution in [3.05, 3.63) is 44.8 Å². The molecular formula is C23H24IN3O2. The van der Waals surface area contributed by atoms with Gasteiger partial charge < -0.3 is 9.47 Å². The number of pyridine rings is 1. The van der Waals surface area contributed by atoms with Crippen LogP contribution in [0.25, 0.3) is 10.9 Å². The fourth-order valence-corrected chi connectivity index (χ4v) is 4.30. The standard InChI is InChI=1S/C23H24IN3O2/c1-4-5-7-18-15(2)22-16(3)26-27(17-9-12-28-13-10-17)20(22)14-21(18)29-23-19(24)8-6-11-25-23/h6,8,11,14,17H,4,9-10,12-13H2,1-3H3. The van der Waals surface area contributed by atoms with Gasteiger partial charge in [0.05, 0.1) is 26.4 Å². The van der Waals surface area contributed by atoms with Gasteiger partial charge in [-0.15, -0.1) is 0 Å². The largest absolute Gasteiger partial charge is 0.437 e. The number of rotatable bonds is 3. The van der Waals surface area contributed by atoms with Crippen molar-refractivity contribution in [2.45, 2.75) is 46.1 Å². The fourth-order valence-electron chi connectivity index (χ4n) is 3.84. The van der Waals surface area contributed by atoms with Crippen LogP contribution in [0.5, 0.6) is 11.6 Å². The minimum atomic E-state index is 0.342. The van der Waals surface area contributed by atoms with Crippen LogP contribution in [0.2, 0.25) is 0 Å². The van der Waals surface area contributed by atoms with E-state index in [-0.39, 0.29) is 0 Å². The topological polar surface area (TPSA) is 49.2 Å². The highest BCUT2D eigenvalue weighted by Gasteiger charge is 2.23. The second kappa shape index (κ2) is 8.72. The Morgan fingerprint density at radius 3 is 2.83 bits per heavy atom. The maximum Gasteiger partial charge on any atom is 0.232 e. The van der Waals surface area contributed by atoms with Gasteiger partial charge in [0.25, 0.3) is 0 Å². The van der Waals surface area contributed by atoms with Crippen LogP contribution in [0.4, 0.5) is 0 Å². The molecule has 0 atom stereocenters. The lowest BCUT2D eigenvalue weighted by Crippen LogP contribution is -2.20. The van der Waals surface area contributed by atoms with Crippen molar-refractivity contribution in [2.75, 3.05) is 13.2 Å². The average Bonchev–Trinajstić information content (AvgIpc) is 3.06. The molecule has 4 rings (SSSR count). The first-order valence-electron chi connectivity index (χ1n) is 9.97. The molecule has 0 unspecified atom stereocenters. The summed E-state index contributed by atoms with van der Waals surface area (Å²) >= 11 is 2.25. The molecule has 5 nitrogen and oxygen atoms in total. The summed E-state index contributed by atoms with van der Waals surface area (Å²) in [5.41, 5.74) is 4.15. The highest BCUT2D eigenvalue weighted by atomic mass is 127. The van der Waals surface area contributed by atoms with E-state index in [9.17, 15) is 0 Å². The molecule has 0 bridgehead atoms. The number of ether oxygens (including phenoxy) is 2. The zero-order valence-corrected chi connectivity index (χ0v) is 19.1. The summed E-state index contributed by atoms with van der Waals surface area (Å²) < 4.78 is 15.0. The molecular weight excluding hydrogens is 477 g/mol. The molecule has 0 radical (unpaired) electrons. The van der Waals surface area contributed by atoms with Crippen LogP contribution in [-0.2, 0) is 4.74 Å². The first kappa shape index (κ1) is 20.2. The van der Waals surface area contributed by atoms with Gasteiger partial charge in [-0.1, -0.05) is 18.8 Å². The molecule has 0 spiro atoms. The molecule has 1 fully saturated rings.